The average Bonchev–Trinajstić information content (AvgIpc) is 3.17. The van der Waals surface area contributed by atoms with E-state index in [9.17, 15) is 4.79 Å². The topological polar surface area (TPSA) is 125 Å². The van der Waals surface area contributed by atoms with Crippen LogP contribution in [-0.4, -0.2) is 37.9 Å². The molecule has 0 aliphatic rings. The van der Waals surface area contributed by atoms with Crippen molar-refractivity contribution in [1.29, 1.82) is 5.26 Å². The number of carbonyl (C=O) groups is 1. The number of hydrogen-bond donors (Lipinski definition) is 1. The van der Waals surface area contributed by atoms with Crippen molar-refractivity contribution < 1.29 is 9.53 Å². The third-order valence-electron chi connectivity index (χ3n) is 3.43. The molecule has 0 spiro atoms. The number of nitrogens with zero attached hydrogens (tertiary/aromatic N) is 6. The summed E-state index contributed by atoms with van der Waals surface area (Å²) in [4.78, 5) is 13.4. The highest BCUT2D eigenvalue weighted by atomic mass is 16.5. The highest BCUT2D eigenvalue weighted by molar-refractivity contribution is 5.96. The van der Waals surface area contributed by atoms with E-state index < -0.39 is 5.97 Å². The summed E-state index contributed by atoms with van der Waals surface area (Å²) < 4.78 is 6.28. The minimum atomic E-state index is -0.628. The SMILES string of the molecule is COC(=O)c1c(N)c(C#N)cn1-c1cccc(-c2nnn(C)n2)c1. The number of esters is 1. The number of rotatable bonds is 3. The molecule has 0 bridgehead atoms. The lowest BCUT2D eigenvalue weighted by Crippen LogP contribution is -2.11. The molecule has 2 N–H and O–H groups in total. The second kappa shape index (κ2) is 5.85. The van der Waals surface area contributed by atoms with Gasteiger partial charge in [-0.15, -0.1) is 10.2 Å². The molecule has 9 nitrogen and oxygen atoms in total. The normalized spacial score (nSPS) is 10.4. The first-order valence-electron chi connectivity index (χ1n) is 6.89. The summed E-state index contributed by atoms with van der Waals surface area (Å²) in [6, 6.07) is 9.10. The van der Waals surface area contributed by atoms with Crippen molar-refractivity contribution in [2.45, 2.75) is 0 Å². The maximum atomic E-state index is 12.0. The fraction of sp³-hybridized carbons (Fsp3) is 0.133. The summed E-state index contributed by atoms with van der Waals surface area (Å²) in [6.45, 7) is 0. The van der Waals surface area contributed by atoms with Crippen LogP contribution < -0.4 is 5.73 Å². The first kappa shape index (κ1) is 15.2. The third-order valence-corrected chi connectivity index (χ3v) is 3.43. The summed E-state index contributed by atoms with van der Waals surface area (Å²) >= 11 is 0. The van der Waals surface area contributed by atoms with Crippen LogP contribution in [0.2, 0.25) is 0 Å². The molecule has 120 valence electrons. The standard InChI is InChI=1S/C15H13N7O2/c1-21-19-14(18-20-21)9-4-3-5-11(6-9)22-8-10(7-16)12(17)13(22)15(23)24-2/h3-6,8H,17H2,1-2H3. The minimum Gasteiger partial charge on any atom is -0.464 e. The van der Waals surface area contributed by atoms with Crippen molar-refractivity contribution in [2.24, 2.45) is 7.05 Å². The van der Waals surface area contributed by atoms with Crippen LogP contribution >= 0.6 is 0 Å². The molecule has 0 radical (unpaired) electrons. The zero-order chi connectivity index (χ0) is 17.3. The predicted molar refractivity (Wildman–Crippen MR) is 84.0 cm³/mol. The van der Waals surface area contributed by atoms with Gasteiger partial charge in [-0.3, -0.25) is 0 Å². The number of hydrogen-bond acceptors (Lipinski definition) is 7. The first-order chi connectivity index (χ1) is 11.5. The van der Waals surface area contributed by atoms with Gasteiger partial charge in [0.1, 0.15) is 6.07 Å². The Morgan fingerprint density at radius 2 is 2.21 bits per heavy atom. The molecule has 3 rings (SSSR count). The monoisotopic (exact) mass is 323 g/mol. The van der Waals surface area contributed by atoms with Gasteiger partial charge in [-0.2, -0.15) is 10.1 Å². The number of nitrogen functional groups attached to an aromatic ring is 1. The summed E-state index contributed by atoms with van der Waals surface area (Å²) in [6.07, 6.45) is 1.49. The number of aryl methyl sites for hydroxylation is 1. The van der Waals surface area contributed by atoms with Crippen molar-refractivity contribution in [3.05, 3.63) is 41.7 Å². The van der Waals surface area contributed by atoms with Crippen LogP contribution in [0.25, 0.3) is 17.1 Å². The number of tetrazole rings is 1. The van der Waals surface area contributed by atoms with Crippen molar-refractivity contribution in [3.8, 4) is 23.1 Å². The van der Waals surface area contributed by atoms with Crippen LogP contribution in [0.4, 0.5) is 5.69 Å². The summed E-state index contributed by atoms with van der Waals surface area (Å²) in [5.74, 6) is -0.184. The maximum Gasteiger partial charge on any atom is 0.357 e. The molecular weight excluding hydrogens is 310 g/mol. The second-order valence-corrected chi connectivity index (χ2v) is 4.93. The first-order valence-corrected chi connectivity index (χ1v) is 6.89. The van der Waals surface area contributed by atoms with Crippen LogP contribution in [0.3, 0.4) is 0 Å². The lowest BCUT2D eigenvalue weighted by atomic mass is 10.2. The molecule has 0 saturated carbocycles. The number of carbonyl (C=O) groups excluding carboxylic acids is 1. The highest BCUT2D eigenvalue weighted by Gasteiger charge is 2.22. The zero-order valence-corrected chi connectivity index (χ0v) is 13.0. The second-order valence-electron chi connectivity index (χ2n) is 4.93. The van der Waals surface area contributed by atoms with Crippen LogP contribution in [0.5, 0.6) is 0 Å². The van der Waals surface area contributed by atoms with Crippen molar-refractivity contribution in [2.75, 3.05) is 12.8 Å². The third kappa shape index (κ3) is 2.46. The van der Waals surface area contributed by atoms with Gasteiger partial charge in [-0.05, 0) is 17.3 Å². The molecule has 1 aromatic carbocycles. The number of benzene rings is 1. The van der Waals surface area contributed by atoms with E-state index in [4.69, 9.17) is 15.7 Å². The van der Waals surface area contributed by atoms with Crippen LogP contribution in [0, 0.1) is 11.3 Å². The average molecular weight is 323 g/mol. The number of anilines is 1. The minimum absolute atomic E-state index is 0.0763. The van der Waals surface area contributed by atoms with Gasteiger partial charge in [0.2, 0.25) is 5.82 Å². The Morgan fingerprint density at radius 1 is 1.42 bits per heavy atom. The van der Waals surface area contributed by atoms with Crippen molar-refractivity contribution >= 4 is 11.7 Å². The summed E-state index contributed by atoms with van der Waals surface area (Å²) in [7, 11) is 2.92. The Bertz CT molecular complexity index is 965. The molecule has 2 aromatic heterocycles. The number of nitriles is 1. The van der Waals surface area contributed by atoms with Gasteiger partial charge in [0.05, 0.1) is 25.4 Å². The van der Waals surface area contributed by atoms with E-state index >= 15 is 0 Å². The molecule has 0 aliphatic heterocycles. The number of methoxy groups -OCH3 is 1. The van der Waals surface area contributed by atoms with E-state index in [0.29, 0.717) is 17.1 Å². The van der Waals surface area contributed by atoms with E-state index in [1.54, 1.807) is 25.2 Å². The summed E-state index contributed by atoms with van der Waals surface area (Å²) in [5, 5.41) is 21.1. The van der Waals surface area contributed by atoms with E-state index in [0.717, 1.165) is 0 Å². The fourth-order valence-corrected chi connectivity index (χ4v) is 2.31. The van der Waals surface area contributed by atoms with E-state index in [-0.39, 0.29) is 16.9 Å². The van der Waals surface area contributed by atoms with Crippen LogP contribution in [-0.2, 0) is 11.8 Å². The van der Waals surface area contributed by atoms with Crippen LogP contribution in [0.1, 0.15) is 16.1 Å². The largest absolute Gasteiger partial charge is 0.464 e. The molecule has 0 aliphatic carbocycles. The molecule has 0 atom stereocenters. The molecule has 0 unspecified atom stereocenters. The van der Waals surface area contributed by atoms with Gasteiger partial charge in [0.15, 0.2) is 5.69 Å². The number of aromatic nitrogens is 5. The molecule has 24 heavy (non-hydrogen) atoms. The molecule has 9 heteroatoms. The molecule has 0 saturated heterocycles. The fourth-order valence-electron chi connectivity index (χ4n) is 2.31. The van der Waals surface area contributed by atoms with E-state index in [1.165, 1.54) is 22.7 Å². The maximum absolute atomic E-state index is 12.0. The van der Waals surface area contributed by atoms with Gasteiger partial charge >= 0.3 is 5.97 Å². The number of ether oxygens (including phenoxy) is 1. The van der Waals surface area contributed by atoms with Crippen molar-refractivity contribution in [1.82, 2.24) is 24.8 Å². The lowest BCUT2D eigenvalue weighted by molar-refractivity contribution is 0.0593. The molecule has 3 aromatic rings. The Hall–Kier alpha value is -3.67. The predicted octanol–water partition coefficient (Wildman–Crippen LogP) is 0.908. The Balaban J connectivity index is 2.16. The van der Waals surface area contributed by atoms with E-state index in [1.807, 2.05) is 12.1 Å². The zero-order valence-electron chi connectivity index (χ0n) is 13.0. The van der Waals surface area contributed by atoms with Gasteiger partial charge in [-0.1, -0.05) is 12.1 Å². The Morgan fingerprint density at radius 3 is 2.83 bits per heavy atom. The molecule has 0 amide bonds. The summed E-state index contributed by atoms with van der Waals surface area (Å²) in [5.41, 5.74) is 7.59. The van der Waals surface area contributed by atoms with E-state index in [2.05, 4.69) is 15.4 Å². The van der Waals surface area contributed by atoms with Gasteiger partial charge in [-0.25, -0.2) is 4.79 Å². The van der Waals surface area contributed by atoms with Crippen molar-refractivity contribution in [3.63, 3.8) is 0 Å². The molecule has 0 fully saturated rings. The van der Waals surface area contributed by atoms with Gasteiger partial charge in [0, 0.05) is 17.4 Å². The molecule has 2 heterocycles. The van der Waals surface area contributed by atoms with Crippen LogP contribution in [0.15, 0.2) is 30.5 Å². The Kier molecular flexibility index (Phi) is 3.71. The Labute approximate surface area is 136 Å². The smallest absolute Gasteiger partial charge is 0.357 e. The lowest BCUT2D eigenvalue weighted by Gasteiger charge is -2.09. The van der Waals surface area contributed by atoms with Gasteiger partial charge < -0.3 is 15.0 Å². The number of nitrogens with two attached hydrogens (primary N) is 1. The highest BCUT2D eigenvalue weighted by Crippen LogP contribution is 2.26. The van der Waals surface area contributed by atoms with Gasteiger partial charge in [0.25, 0.3) is 0 Å². The molecular formula is C15H13N7O2. The quantitative estimate of drug-likeness (QED) is 0.710.